The summed E-state index contributed by atoms with van der Waals surface area (Å²) in [6.45, 7) is 5.37. The van der Waals surface area contributed by atoms with Gasteiger partial charge in [-0.15, -0.1) is 0 Å². The van der Waals surface area contributed by atoms with Gasteiger partial charge >= 0.3 is 0 Å². The first kappa shape index (κ1) is 29.3. The highest BCUT2D eigenvalue weighted by molar-refractivity contribution is 5.13. The fourth-order valence-electron chi connectivity index (χ4n) is 4.50. The van der Waals surface area contributed by atoms with E-state index in [-0.39, 0.29) is 12.4 Å². The van der Waals surface area contributed by atoms with Crippen LogP contribution < -0.4 is 0 Å². The maximum absolute atomic E-state index is 5.86. The smallest absolute Gasteiger partial charge is 0.181 e. The lowest BCUT2D eigenvalue weighted by atomic mass is 10.0. The topological polar surface area (TPSA) is 36.9 Å². The molecule has 0 amide bonds. The summed E-state index contributed by atoms with van der Waals surface area (Å²) in [7, 11) is 0. The van der Waals surface area contributed by atoms with Crippen molar-refractivity contribution in [1.29, 1.82) is 0 Å². The van der Waals surface area contributed by atoms with Crippen molar-refractivity contribution >= 4 is 0 Å². The Labute approximate surface area is 210 Å². The van der Waals surface area contributed by atoms with Gasteiger partial charge in [-0.05, 0) is 12.0 Å². The molecule has 0 saturated carbocycles. The minimum Gasteiger partial charge on any atom is -0.376 e. The molecular weight excluding hydrogens is 424 g/mol. The van der Waals surface area contributed by atoms with Gasteiger partial charge in [0.15, 0.2) is 6.29 Å². The van der Waals surface area contributed by atoms with Crippen molar-refractivity contribution in [2.45, 2.75) is 129 Å². The van der Waals surface area contributed by atoms with Gasteiger partial charge in [0.05, 0.1) is 26.4 Å². The Bertz CT molecular complexity index is 550. The summed E-state index contributed by atoms with van der Waals surface area (Å²) in [5.41, 5.74) is 1.18. The van der Waals surface area contributed by atoms with Crippen LogP contribution in [0, 0.1) is 0 Å². The molecule has 1 aliphatic rings. The van der Waals surface area contributed by atoms with Crippen molar-refractivity contribution < 1.29 is 18.9 Å². The average Bonchev–Trinajstić information content (AvgIpc) is 3.31. The van der Waals surface area contributed by atoms with E-state index in [2.05, 4.69) is 19.1 Å². The Morgan fingerprint density at radius 2 is 1.24 bits per heavy atom. The maximum atomic E-state index is 5.86. The Balaban J connectivity index is 1.26. The van der Waals surface area contributed by atoms with Crippen molar-refractivity contribution in [1.82, 2.24) is 0 Å². The predicted molar refractivity (Wildman–Crippen MR) is 141 cm³/mol. The molecule has 2 unspecified atom stereocenters. The highest BCUT2D eigenvalue weighted by Crippen LogP contribution is 2.15. The zero-order chi connectivity index (χ0) is 23.9. The fourth-order valence-corrected chi connectivity index (χ4v) is 4.50. The summed E-state index contributed by atoms with van der Waals surface area (Å²) in [4.78, 5) is 0. The quantitative estimate of drug-likeness (QED) is 0.149. The molecule has 0 spiro atoms. The summed E-state index contributed by atoms with van der Waals surface area (Å²) >= 11 is 0. The van der Waals surface area contributed by atoms with Gasteiger partial charge in [0.25, 0.3) is 0 Å². The number of ether oxygens (including phenoxy) is 4. The molecule has 1 aromatic carbocycles. The molecule has 0 bridgehead atoms. The summed E-state index contributed by atoms with van der Waals surface area (Å²) in [5, 5.41) is 0. The first-order valence-corrected chi connectivity index (χ1v) is 14.3. The third-order valence-electron chi connectivity index (χ3n) is 6.62. The van der Waals surface area contributed by atoms with Gasteiger partial charge in [-0.2, -0.15) is 0 Å². The summed E-state index contributed by atoms with van der Waals surface area (Å²) in [6, 6.07) is 10.2. The molecule has 0 radical (unpaired) electrons. The van der Waals surface area contributed by atoms with E-state index in [4.69, 9.17) is 18.9 Å². The van der Waals surface area contributed by atoms with E-state index in [1.807, 2.05) is 18.2 Å². The molecule has 0 aliphatic carbocycles. The van der Waals surface area contributed by atoms with E-state index >= 15 is 0 Å². The summed E-state index contributed by atoms with van der Waals surface area (Å²) in [6.07, 6.45) is 22.0. The van der Waals surface area contributed by atoms with Crippen LogP contribution in [0.3, 0.4) is 0 Å². The van der Waals surface area contributed by atoms with Crippen molar-refractivity contribution in [3.63, 3.8) is 0 Å². The summed E-state index contributed by atoms with van der Waals surface area (Å²) in [5.74, 6) is 0. The van der Waals surface area contributed by atoms with Gasteiger partial charge in [0, 0.05) is 6.61 Å². The van der Waals surface area contributed by atoms with Gasteiger partial charge in [-0.25, -0.2) is 0 Å². The van der Waals surface area contributed by atoms with Crippen LogP contribution in [0.25, 0.3) is 0 Å². The molecule has 1 aliphatic heterocycles. The molecule has 2 rings (SSSR count). The Hall–Kier alpha value is -0.940. The molecule has 1 fully saturated rings. The van der Waals surface area contributed by atoms with E-state index in [1.165, 1.54) is 102 Å². The van der Waals surface area contributed by atoms with Crippen molar-refractivity contribution in [2.75, 3.05) is 26.4 Å². The largest absolute Gasteiger partial charge is 0.376 e. The lowest BCUT2D eigenvalue weighted by molar-refractivity contribution is -0.113. The molecule has 196 valence electrons. The second-order valence-corrected chi connectivity index (χ2v) is 9.90. The lowest BCUT2D eigenvalue weighted by Crippen LogP contribution is -2.21. The molecule has 4 nitrogen and oxygen atoms in total. The van der Waals surface area contributed by atoms with Gasteiger partial charge in [-0.1, -0.05) is 134 Å². The fraction of sp³-hybridized carbons (Fsp3) is 0.800. The number of unbranched alkanes of at least 4 members (excludes halogenated alkanes) is 15. The minimum atomic E-state index is -0.244. The van der Waals surface area contributed by atoms with Gasteiger partial charge < -0.3 is 18.9 Å². The first-order chi connectivity index (χ1) is 16.9. The Morgan fingerprint density at radius 3 is 1.82 bits per heavy atom. The van der Waals surface area contributed by atoms with Crippen molar-refractivity contribution in [3.05, 3.63) is 35.9 Å². The molecule has 0 N–H and O–H groups in total. The molecule has 0 aromatic heterocycles. The van der Waals surface area contributed by atoms with Crippen LogP contribution >= 0.6 is 0 Å². The van der Waals surface area contributed by atoms with E-state index in [0.29, 0.717) is 26.4 Å². The Kier molecular flexibility index (Phi) is 18.4. The van der Waals surface area contributed by atoms with Gasteiger partial charge in [0.1, 0.15) is 6.10 Å². The molecule has 1 aromatic rings. The van der Waals surface area contributed by atoms with E-state index < -0.39 is 0 Å². The lowest BCUT2D eigenvalue weighted by Gasteiger charge is -2.12. The SMILES string of the molecule is CCCCCCCCCCCCCCCCCCOCC1OCC(COCc2ccccc2)O1. The average molecular weight is 477 g/mol. The molecule has 4 heteroatoms. The minimum absolute atomic E-state index is 0.00728. The van der Waals surface area contributed by atoms with E-state index in [0.717, 1.165) is 13.0 Å². The zero-order valence-corrected chi connectivity index (χ0v) is 22.0. The molecule has 1 heterocycles. The van der Waals surface area contributed by atoms with Crippen LogP contribution in [-0.4, -0.2) is 38.8 Å². The Morgan fingerprint density at radius 1 is 0.676 bits per heavy atom. The number of benzene rings is 1. The van der Waals surface area contributed by atoms with Crippen LogP contribution in [0.5, 0.6) is 0 Å². The molecular formula is C30H52O4. The highest BCUT2D eigenvalue weighted by atomic mass is 16.7. The van der Waals surface area contributed by atoms with Crippen molar-refractivity contribution in [3.8, 4) is 0 Å². The number of hydrogen-bond donors (Lipinski definition) is 0. The standard InChI is InChI=1S/C30H52O4/c1-2-3-4-5-6-7-8-9-10-11-12-13-14-15-16-20-23-31-27-30-33-26-29(34-30)25-32-24-28-21-18-17-19-22-28/h17-19,21-22,29-30H,2-16,20,23-27H2,1H3. The summed E-state index contributed by atoms with van der Waals surface area (Å²) < 4.78 is 23.1. The molecule has 2 atom stereocenters. The van der Waals surface area contributed by atoms with Crippen LogP contribution in [0.2, 0.25) is 0 Å². The highest BCUT2D eigenvalue weighted by Gasteiger charge is 2.26. The maximum Gasteiger partial charge on any atom is 0.181 e. The van der Waals surface area contributed by atoms with Gasteiger partial charge in [-0.3, -0.25) is 0 Å². The number of rotatable bonds is 23. The van der Waals surface area contributed by atoms with E-state index in [1.54, 1.807) is 0 Å². The normalized spacial score (nSPS) is 18.0. The van der Waals surface area contributed by atoms with Crippen LogP contribution in [0.15, 0.2) is 30.3 Å². The van der Waals surface area contributed by atoms with Crippen LogP contribution in [-0.2, 0) is 25.6 Å². The monoisotopic (exact) mass is 476 g/mol. The van der Waals surface area contributed by atoms with Crippen LogP contribution in [0.1, 0.15) is 115 Å². The molecule has 1 saturated heterocycles. The van der Waals surface area contributed by atoms with Gasteiger partial charge in [0.2, 0.25) is 0 Å². The van der Waals surface area contributed by atoms with Crippen molar-refractivity contribution in [2.24, 2.45) is 0 Å². The van der Waals surface area contributed by atoms with Crippen LogP contribution in [0.4, 0.5) is 0 Å². The third kappa shape index (κ3) is 15.9. The van der Waals surface area contributed by atoms with E-state index in [9.17, 15) is 0 Å². The first-order valence-electron chi connectivity index (χ1n) is 14.3. The second kappa shape index (κ2) is 21.4. The predicted octanol–water partition coefficient (Wildman–Crippen LogP) is 8.22. The number of hydrogen-bond acceptors (Lipinski definition) is 4. The third-order valence-corrected chi connectivity index (χ3v) is 6.62. The molecule has 34 heavy (non-hydrogen) atoms. The second-order valence-electron chi connectivity index (χ2n) is 9.90. The zero-order valence-electron chi connectivity index (χ0n) is 22.0.